The molecular formula is C9H16O. The predicted molar refractivity (Wildman–Crippen MR) is 41.7 cm³/mol. The summed E-state index contributed by atoms with van der Waals surface area (Å²) in [6.07, 6.45) is 2.55. The quantitative estimate of drug-likeness (QED) is 0.587. The summed E-state index contributed by atoms with van der Waals surface area (Å²) in [5, 5.41) is 0. The summed E-state index contributed by atoms with van der Waals surface area (Å²) in [7, 11) is 0. The van der Waals surface area contributed by atoms with Gasteiger partial charge in [0, 0.05) is 11.8 Å². The number of carbonyl (C=O) groups is 1. The zero-order valence-electron chi connectivity index (χ0n) is 7.05. The fourth-order valence-electron chi connectivity index (χ4n) is 1.35. The summed E-state index contributed by atoms with van der Waals surface area (Å²) in [5.74, 6) is 1.74. The zero-order chi connectivity index (χ0) is 7.72. The van der Waals surface area contributed by atoms with Crippen LogP contribution in [0.25, 0.3) is 0 Å². The Morgan fingerprint density at radius 3 is 2.10 bits per heavy atom. The molecule has 0 aliphatic heterocycles. The Balaban J connectivity index is 2.38. The Labute approximate surface area is 62.8 Å². The smallest absolute Gasteiger partial charge is 0.138 e. The summed E-state index contributed by atoms with van der Waals surface area (Å²) >= 11 is 0. The van der Waals surface area contributed by atoms with E-state index < -0.39 is 0 Å². The van der Waals surface area contributed by atoms with E-state index in [1.807, 2.05) is 13.8 Å². The molecule has 0 bridgehead atoms. The molecule has 1 fully saturated rings. The molecule has 58 valence electrons. The van der Waals surface area contributed by atoms with Gasteiger partial charge in [-0.1, -0.05) is 20.8 Å². The Hall–Kier alpha value is -0.330. The third-order valence-electron chi connectivity index (χ3n) is 2.35. The SMILES string of the molecule is CC(C)C(=O)C(C)C1CC1. The molecule has 0 N–H and O–H groups in total. The third kappa shape index (κ3) is 1.59. The normalized spacial score (nSPS) is 21.2. The van der Waals surface area contributed by atoms with E-state index in [1.165, 1.54) is 12.8 Å². The molecule has 1 nitrogen and oxygen atoms in total. The van der Waals surface area contributed by atoms with Gasteiger partial charge in [-0.2, -0.15) is 0 Å². The van der Waals surface area contributed by atoms with Crippen molar-refractivity contribution in [1.82, 2.24) is 0 Å². The molecule has 1 heteroatoms. The van der Waals surface area contributed by atoms with E-state index in [-0.39, 0.29) is 5.92 Å². The summed E-state index contributed by atoms with van der Waals surface area (Å²) in [4.78, 5) is 11.3. The molecule has 0 radical (unpaired) electrons. The van der Waals surface area contributed by atoms with E-state index in [9.17, 15) is 4.79 Å². The van der Waals surface area contributed by atoms with Crippen LogP contribution in [0.1, 0.15) is 33.6 Å². The standard InChI is InChI=1S/C9H16O/c1-6(2)9(10)7(3)8-4-5-8/h6-8H,4-5H2,1-3H3. The lowest BCUT2D eigenvalue weighted by Gasteiger charge is -2.10. The highest BCUT2D eigenvalue weighted by atomic mass is 16.1. The molecule has 0 spiro atoms. The lowest BCUT2D eigenvalue weighted by Crippen LogP contribution is -2.18. The molecular weight excluding hydrogens is 124 g/mol. The average Bonchev–Trinajstić information content (AvgIpc) is 2.65. The lowest BCUT2D eigenvalue weighted by molar-refractivity contribution is -0.125. The van der Waals surface area contributed by atoms with E-state index >= 15 is 0 Å². The molecule has 0 amide bonds. The van der Waals surface area contributed by atoms with Crippen molar-refractivity contribution in [3.05, 3.63) is 0 Å². The van der Waals surface area contributed by atoms with Gasteiger partial charge in [0.25, 0.3) is 0 Å². The third-order valence-corrected chi connectivity index (χ3v) is 2.35. The molecule has 1 saturated carbocycles. The first kappa shape index (κ1) is 7.77. The second-order valence-corrected chi connectivity index (χ2v) is 3.68. The summed E-state index contributed by atoms with van der Waals surface area (Å²) in [6, 6.07) is 0. The summed E-state index contributed by atoms with van der Waals surface area (Å²) in [6.45, 7) is 6.04. The Bertz CT molecular complexity index is 134. The average molecular weight is 140 g/mol. The first-order valence-corrected chi connectivity index (χ1v) is 4.16. The molecule has 10 heavy (non-hydrogen) atoms. The van der Waals surface area contributed by atoms with Crippen LogP contribution >= 0.6 is 0 Å². The minimum atomic E-state index is 0.232. The number of hydrogen-bond donors (Lipinski definition) is 0. The highest BCUT2D eigenvalue weighted by molar-refractivity contribution is 5.82. The molecule has 0 aromatic rings. The molecule has 1 rings (SSSR count). The van der Waals surface area contributed by atoms with Crippen molar-refractivity contribution >= 4 is 5.78 Å². The maximum absolute atomic E-state index is 11.3. The van der Waals surface area contributed by atoms with Crippen LogP contribution in [0.3, 0.4) is 0 Å². The summed E-state index contributed by atoms with van der Waals surface area (Å²) < 4.78 is 0. The van der Waals surface area contributed by atoms with Crippen LogP contribution in [0.15, 0.2) is 0 Å². The first-order chi connectivity index (χ1) is 4.63. The van der Waals surface area contributed by atoms with Gasteiger partial charge >= 0.3 is 0 Å². The molecule has 1 aliphatic rings. The topological polar surface area (TPSA) is 17.1 Å². The molecule has 1 atom stereocenters. The molecule has 0 aromatic heterocycles. The van der Waals surface area contributed by atoms with Gasteiger partial charge < -0.3 is 0 Å². The largest absolute Gasteiger partial charge is 0.299 e. The molecule has 0 heterocycles. The van der Waals surface area contributed by atoms with Crippen LogP contribution in [-0.4, -0.2) is 5.78 Å². The fraction of sp³-hybridized carbons (Fsp3) is 0.889. The van der Waals surface area contributed by atoms with Crippen molar-refractivity contribution in [3.8, 4) is 0 Å². The minimum absolute atomic E-state index is 0.232. The Morgan fingerprint density at radius 2 is 1.80 bits per heavy atom. The Morgan fingerprint density at radius 1 is 1.30 bits per heavy atom. The Kier molecular flexibility index (Phi) is 2.12. The van der Waals surface area contributed by atoms with Gasteiger partial charge in [-0.05, 0) is 18.8 Å². The summed E-state index contributed by atoms with van der Waals surface area (Å²) in [5.41, 5.74) is 0. The highest BCUT2D eigenvalue weighted by Crippen LogP contribution is 2.37. The van der Waals surface area contributed by atoms with Crippen LogP contribution in [0.4, 0.5) is 0 Å². The van der Waals surface area contributed by atoms with E-state index in [2.05, 4.69) is 6.92 Å². The zero-order valence-corrected chi connectivity index (χ0v) is 7.05. The van der Waals surface area contributed by atoms with Crippen molar-refractivity contribution in [2.75, 3.05) is 0 Å². The molecule has 1 aliphatic carbocycles. The van der Waals surface area contributed by atoms with Gasteiger partial charge in [0.1, 0.15) is 5.78 Å². The van der Waals surface area contributed by atoms with E-state index in [0.717, 1.165) is 5.92 Å². The lowest BCUT2D eigenvalue weighted by atomic mass is 9.93. The second-order valence-electron chi connectivity index (χ2n) is 3.68. The van der Waals surface area contributed by atoms with E-state index in [4.69, 9.17) is 0 Å². The van der Waals surface area contributed by atoms with Crippen LogP contribution in [0.2, 0.25) is 0 Å². The highest BCUT2D eigenvalue weighted by Gasteiger charge is 2.33. The predicted octanol–water partition coefficient (Wildman–Crippen LogP) is 2.26. The van der Waals surface area contributed by atoms with Crippen LogP contribution < -0.4 is 0 Å². The van der Waals surface area contributed by atoms with Crippen LogP contribution in [-0.2, 0) is 4.79 Å². The second kappa shape index (κ2) is 2.73. The van der Waals surface area contributed by atoms with Gasteiger partial charge in [0.2, 0.25) is 0 Å². The van der Waals surface area contributed by atoms with E-state index in [0.29, 0.717) is 11.7 Å². The fourth-order valence-corrected chi connectivity index (χ4v) is 1.35. The van der Waals surface area contributed by atoms with Gasteiger partial charge in [0.15, 0.2) is 0 Å². The number of rotatable bonds is 3. The number of Topliss-reactive ketones (excluding diaryl/α,β-unsaturated/α-hetero) is 1. The molecule has 1 unspecified atom stereocenters. The van der Waals surface area contributed by atoms with Gasteiger partial charge in [-0.25, -0.2) is 0 Å². The van der Waals surface area contributed by atoms with Gasteiger partial charge in [-0.3, -0.25) is 4.79 Å². The van der Waals surface area contributed by atoms with Crippen LogP contribution in [0.5, 0.6) is 0 Å². The van der Waals surface area contributed by atoms with Gasteiger partial charge in [-0.15, -0.1) is 0 Å². The van der Waals surface area contributed by atoms with Crippen molar-refractivity contribution < 1.29 is 4.79 Å². The number of ketones is 1. The van der Waals surface area contributed by atoms with Gasteiger partial charge in [0.05, 0.1) is 0 Å². The van der Waals surface area contributed by atoms with E-state index in [1.54, 1.807) is 0 Å². The minimum Gasteiger partial charge on any atom is -0.299 e. The monoisotopic (exact) mass is 140 g/mol. The maximum atomic E-state index is 11.3. The maximum Gasteiger partial charge on any atom is 0.138 e. The van der Waals surface area contributed by atoms with Crippen LogP contribution in [0, 0.1) is 17.8 Å². The molecule has 0 saturated heterocycles. The number of hydrogen-bond acceptors (Lipinski definition) is 1. The van der Waals surface area contributed by atoms with Crippen molar-refractivity contribution in [1.29, 1.82) is 0 Å². The van der Waals surface area contributed by atoms with Crippen molar-refractivity contribution in [3.63, 3.8) is 0 Å². The van der Waals surface area contributed by atoms with Crippen molar-refractivity contribution in [2.45, 2.75) is 33.6 Å². The van der Waals surface area contributed by atoms with Crippen molar-refractivity contribution in [2.24, 2.45) is 17.8 Å². The number of carbonyl (C=O) groups excluding carboxylic acids is 1. The first-order valence-electron chi connectivity index (χ1n) is 4.16. The molecule has 0 aromatic carbocycles.